The summed E-state index contributed by atoms with van der Waals surface area (Å²) in [5.41, 5.74) is 3.75. The second-order valence-electron chi connectivity index (χ2n) is 8.00. The lowest BCUT2D eigenvalue weighted by Crippen LogP contribution is -2.39. The van der Waals surface area contributed by atoms with Crippen LogP contribution in [0.1, 0.15) is 34.9 Å². The van der Waals surface area contributed by atoms with Crippen LogP contribution in [0.3, 0.4) is 0 Å². The van der Waals surface area contributed by atoms with Gasteiger partial charge in [0.25, 0.3) is 5.91 Å². The van der Waals surface area contributed by atoms with Crippen LogP contribution in [0.2, 0.25) is 0 Å². The highest BCUT2D eigenvalue weighted by molar-refractivity contribution is 5.92. The molecule has 0 radical (unpaired) electrons. The standard InChI is InChI=1S/C23H28N6O2/c1-27(2)23-24-15-19(16-5-7-18(31-4)8-6-16)21(26-23)17-10-13-29(14-11-17)22(30)20-9-12-25-28(20)3/h5-9,12,15,17H,10-11,13-14H2,1-4H3. The molecule has 1 aliphatic rings. The fourth-order valence-corrected chi connectivity index (χ4v) is 4.01. The summed E-state index contributed by atoms with van der Waals surface area (Å²) in [6.45, 7) is 1.38. The number of hydrogen-bond acceptors (Lipinski definition) is 6. The van der Waals surface area contributed by atoms with Gasteiger partial charge in [0.05, 0.1) is 12.8 Å². The number of carbonyl (C=O) groups excluding carboxylic acids is 1. The molecule has 3 aromatic rings. The maximum Gasteiger partial charge on any atom is 0.272 e. The van der Waals surface area contributed by atoms with Crippen molar-refractivity contribution in [2.24, 2.45) is 7.05 Å². The van der Waals surface area contributed by atoms with Crippen molar-refractivity contribution in [1.29, 1.82) is 0 Å². The Morgan fingerprint density at radius 1 is 1.13 bits per heavy atom. The van der Waals surface area contributed by atoms with Gasteiger partial charge in [0.1, 0.15) is 11.4 Å². The normalized spacial score (nSPS) is 14.5. The van der Waals surface area contributed by atoms with E-state index in [4.69, 9.17) is 9.72 Å². The van der Waals surface area contributed by atoms with Crippen molar-refractivity contribution in [1.82, 2.24) is 24.6 Å². The van der Waals surface area contributed by atoms with E-state index in [9.17, 15) is 4.79 Å². The maximum absolute atomic E-state index is 12.8. The molecule has 162 valence electrons. The predicted molar refractivity (Wildman–Crippen MR) is 119 cm³/mol. The van der Waals surface area contributed by atoms with Gasteiger partial charge in [-0.05, 0) is 36.6 Å². The highest BCUT2D eigenvalue weighted by Crippen LogP contribution is 2.35. The molecule has 2 aromatic heterocycles. The van der Waals surface area contributed by atoms with E-state index in [0.717, 1.165) is 35.4 Å². The number of hydrogen-bond donors (Lipinski definition) is 0. The zero-order valence-corrected chi connectivity index (χ0v) is 18.4. The molecule has 8 heteroatoms. The van der Waals surface area contributed by atoms with Crippen LogP contribution in [0.25, 0.3) is 11.1 Å². The molecule has 0 saturated carbocycles. The first kappa shape index (κ1) is 20.8. The van der Waals surface area contributed by atoms with Crippen molar-refractivity contribution in [3.05, 3.63) is 54.1 Å². The molecule has 0 bridgehead atoms. The third-order valence-electron chi connectivity index (χ3n) is 5.82. The topological polar surface area (TPSA) is 76.4 Å². The maximum atomic E-state index is 12.8. The summed E-state index contributed by atoms with van der Waals surface area (Å²) in [5, 5.41) is 4.12. The van der Waals surface area contributed by atoms with E-state index in [1.165, 1.54) is 0 Å². The summed E-state index contributed by atoms with van der Waals surface area (Å²) in [5.74, 6) is 1.80. The minimum absolute atomic E-state index is 0.0329. The first-order valence-electron chi connectivity index (χ1n) is 10.4. The quantitative estimate of drug-likeness (QED) is 0.632. The number of ether oxygens (including phenoxy) is 1. The van der Waals surface area contributed by atoms with Crippen LogP contribution in [-0.2, 0) is 7.05 Å². The number of piperidine rings is 1. The highest BCUT2D eigenvalue weighted by Gasteiger charge is 2.28. The molecule has 1 fully saturated rings. The fraction of sp³-hybridized carbons (Fsp3) is 0.391. The second-order valence-corrected chi connectivity index (χ2v) is 8.00. The summed E-state index contributed by atoms with van der Waals surface area (Å²) >= 11 is 0. The zero-order valence-electron chi connectivity index (χ0n) is 18.4. The minimum Gasteiger partial charge on any atom is -0.497 e. The summed E-state index contributed by atoms with van der Waals surface area (Å²) in [4.78, 5) is 26.1. The van der Waals surface area contributed by atoms with Crippen LogP contribution in [0.5, 0.6) is 5.75 Å². The van der Waals surface area contributed by atoms with Gasteiger partial charge in [-0.2, -0.15) is 5.10 Å². The molecule has 1 aliphatic heterocycles. The molecule has 8 nitrogen and oxygen atoms in total. The summed E-state index contributed by atoms with van der Waals surface area (Å²) in [6.07, 6.45) is 5.28. The van der Waals surface area contributed by atoms with Gasteiger partial charge in [0, 0.05) is 58.1 Å². The SMILES string of the molecule is COc1ccc(-c2cnc(N(C)C)nc2C2CCN(C(=O)c3ccnn3C)CC2)cc1. The van der Waals surface area contributed by atoms with Crippen LogP contribution < -0.4 is 9.64 Å². The largest absolute Gasteiger partial charge is 0.497 e. The van der Waals surface area contributed by atoms with Crippen LogP contribution >= 0.6 is 0 Å². The molecule has 1 saturated heterocycles. The summed E-state index contributed by atoms with van der Waals surface area (Å²) in [6, 6.07) is 9.75. The molecule has 0 N–H and O–H groups in total. The highest BCUT2D eigenvalue weighted by atomic mass is 16.5. The van der Waals surface area contributed by atoms with E-state index in [1.807, 2.05) is 54.4 Å². The Balaban J connectivity index is 1.58. The van der Waals surface area contributed by atoms with E-state index in [2.05, 4.69) is 10.1 Å². The number of benzene rings is 1. The van der Waals surface area contributed by atoms with Gasteiger partial charge in [-0.3, -0.25) is 9.48 Å². The number of likely N-dealkylation sites (tertiary alicyclic amines) is 1. The zero-order chi connectivity index (χ0) is 22.0. The minimum atomic E-state index is 0.0329. The van der Waals surface area contributed by atoms with Gasteiger partial charge < -0.3 is 14.5 Å². The number of aryl methyl sites for hydroxylation is 1. The molecule has 4 rings (SSSR count). The number of carbonyl (C=O) groups is 1. The summed E-state index contributed by atoms with van der Waals surface area (Å²) in [7, 11) is 7.35. The van der Waals surface area contributed by atoms with Crippen LogP contribution in [0.15, 0.2) is 42.7 Å². The molecule has 0 unspecified atom stereocenters. The van der Waals surface area contributed by atoms with Crippen molar-refractivity contribution < 1.29 is 9.53 Å². The van der Waals surface area contributed by atoms with Crippen molar-refractivity contribution in [3.8, 4) is 16.9 Å². The third-order valence-corrected chi connectivity index (χ3v) is 5.82. The Kier molecular flexibility index (Phi) is 5.88. The Bertz CT molecular complexity index is 1050. The Morgan fingerprint density at radius 2 is 1.84 bits per heavy atom. The average Bonchev–Trinajstić information content (AvgIpc) is 3.24. The number of aromatic nitrogens is 4. The van der Waals surface area contributed by atoms with E-state index in [-0.39, 0.29) is 11.8 Å². The first-order chi connectivity index (χ1) is 15.0. The van der Waals surface area contributed by atoms with Crippen LogP contribution in [0, 0.1) is 0 Å². The molecule has 31 heavy (non-hydrogen) atoms. The summed E-state index contributed by atoms with van der Waals surface area (Å²) < 4.78 is 6.92. The van der Waals surface area contributed by atoms with E-state index >= 15 is 0 Å². The van der Waals surface area contributed by atoms with Crippen molar-refractivity contribution >= 4 is 11.9 Å². The Labute approximate surface area is 182 Å². The fourth-order valence-electron chi connectivity index (χ4n) is 4.01. The van der Waals surface area contributed by atoms with Gasteiger partial charge in [0.2, 0.25) is 5.95 Å². The number of nitrogens with zero attached hydrogens (tertiary/aromatic N) is 6. The molecule has 0 atom stereocenters. The number of methoxy groups -OCH3 is 1. The van der Waals surface area contributed by atoms with Crippen molar-refractivity contribution in [2.75, 3.05) is 39.2 Å². The molecule has 1 aromatic carbocycles. The van der Waals surface area contributed by atoms with Gasteiger partial charge in [-0.1, -0.05) is 12.1 Å². The lowest BCUT2D eigenvalue weighted by molar-refractivity contribution is 0.0701. The Hall–Kier alpha value is -3.42. The second kappa shape index (κ2) is 8.75. The van der Waals surface area contributed by atoms with E-state index in [0.29, 0.717) is 24.7 Å². The van der Waals surface area contributed by atoms with Gasteiger partial charge >= 0.3 is 0 Å². The average molecular weight is 421 g/mol. The molecule has 1 amide bonds. The van der Waals surface area contributed by atoms with Crippen LogP contribution in [-0.4, -0.2) is 64.9 Å². The molecule has 3 heterocycles. The van der Waals surface area contributed by atoms with Crippen molar-refractivity contribution in [2.45, 2.75) is 18.8 Å². The molecular weight excluding hydrogens is 392 g/mol. The predicted octanol–water partition coefficient (Wildman–Crippen LogP) is 2.97. The van der Waals surface area contributed by atoms with E-state index in [1.54, 1.807) is 31.1 Å². The Morgan fingerprint density at radius 3 is 2.42 bits per heavy atom. The lowest BCUT2D eigenvalue weighted by atomic mass is 9.88. The first-order valence-corrected chi connectivity index (χ1v) is 10.4. The number of amides is 1. The molecule has 0 spiro atoms. The number of anilines is 1. The van der Waals surface area contributed by atoms with Crippen LogP contribution in [0.4, 0.5) is 5.95 Å². The van der Waals surface area contributed by atoms with Gasteiger partial charge in [-0.15, -0.1) is 0 Å². The molecular formula is C23H28N6O2. The van der Waals surface area contributed by atoms with Gasteiger partial charge in [-0.25, -0.2) is 9.97 Å². The number of rotatable bonds is 5. The lowest BCUT2D eigenvalue weighted by Gasteiger charge is -2.32. The van der Waals surface area contributed by atoms with E-state index < -0.39 is 0 Å². The third kappa shape index (κ3) is 4.23. The monoisotopic (exact) mass is 420 g/mol. The smallest absolute Gasteiger partial charge is 0.272 e. The van der Waals surface area contributed by atoms with Crippen molar-refractivity contribution in [3.63, 3.8) is 0 Å². The molecule has 0 aliphatic carbocycles. The van der Waals surface area contributed by atoms with Gasteiger partial charge in [0.15, 0.2) is 0 Å².